The fourth-order valence-corrected chi connectivity index (χ4v) is 3.27. The minimum Gasteiger partial charge on any atom is -0.496 e. The minimum absolute atomic E-state index is 0.0502. The van der Waals surface area contributed by atoms with E-state index in [1.165, 1.54) is 6.33 Å². The zero-order chi connectivity index (χ0) is 17.0. The fraction of sp³-hybridized carbons (Fsp3) is 0.222. The summed E-state index contributed by atoms with van der Waals surface area (Å²) >= 11 is 0. The summed E-state index contributed by atoms with van der Waals surface area (Å²) in [4.78, 5) is 21.9. The molecule has 0 bridgehead atoms. The molecule has 5 rings (SSSR count). The van der Waals surface area contributed by atoms with Crippen molar-refractivity contribution in [1.82, 2.24) is 24.1 Å². The van der Waals surface area contributed by atoms with Crippen LogP contribution in [0.15, 0.2) is 47.7 Å². The highest BCUT2D eigenvalue weighted by molar-refractivity contribution is 5.94. The lowest BCUT2D eigenvalue weighted by atomic mass is 10.1. The van der Waals surface area contributed by atoms with Crippen molar-refractivity contribution in [1.29, 1.82) is 0 Å². The Hall–Kier alpha value is -3.22. The van der Waals surface area contributed by atoms with Gasteiger partial charge in [-0.3, -0.25) is 4.79 Å². The van der Waals surface area contributed by atoms with Crippen molar-refractivity contribution in [2.24, 2.45) is 0 Å². The molecule has 1 aliphatic rings. The van der Waals surface area contributed by atoms with Crippen molar-refractivity contribution in [2.75, 3.05) is 7.11 Å². The molecule has 0 spiro atoms. The number of ether oxygens (including phenoxy) is 1. The molecule has 0 amide bonds. The third kappa shape index (κ3) is 2.05. The van der Waals surface area contributed by atoms with E-state index in [1.807, 2.05) is 36.5 Å². The molecule has 124 valence electrons. The summed E-state index contributed by atoms with van der Waals surface area (Å²) in [5, 5.41) is 4.83. The SMILES string of the molecule is COc1ccccc1-c1c2c(=O)n(C3CC3)ccc2nc2ncnn12. The molecule has 3 aromatic heterocycles. The third-order valence-electron chi connectivity index (χ3n) is 4.60. The van der Waals surface area contributed by atoms with Gasteiger partial charge in [0.25, 0.3) is 11.3 Å². The van der Waals surface area contributed by atoms with Gasteiger partial charge in [0, 0.05) is 17.8 Å². The van der Waals surface area contributed by atoms with Crippen molar-refractivity contribution >= 4 is 16.7 Å². The lowest BCUT2D eigenvalue weighted by Crippen LogP contribution is -2.20. The third-order valence-corrected chi connectivity index (χ3v) is 4.60. The number of aromatic nitrogens is 5. The Labute approximate surface area is 142 Å². The van der Waals surface area contributed by atoms with E-state index in [0.717, 1.165) is 18.4 Å². The average molecular weight is 333 g/mol. The van der Waals surface area contributed by atoms with Gasteiger partial charge in [-0.25, -0.2) is 4.98 Å². The van der Waals surface area contributed by atoms with E-state index >= 15 is 0 Å². The minimum atomic E-state index is -0.0502. The number of hydrogen-bond donors (Lipinski definition) is 0. The molecule has 1 saturated carbocycles. The number of benzene rings is 1. The largest absolute Gasteiger partial charge is 0.496 e. The molecule has 1 fully saturated rings. The fourth-order valence-electron chi connectivity index (χ4n) is 3.27. The summed E-state index contributed by atoms with van der Waals surface area (Å²) in [6.07, 6.45) is 5.34. The maximum Gasteiger partial charge on any atom is 0.262 e. The first-order chi connectivity index (χ1) is 12.3. The summed E-state index contributed by atoms with van der Waals surface area (Å²) in [6.45, 7) is 0. The number of nitrogens with zero attached hydrogens (tertiary/aromatic N) is 5. The molecule has 0 atom stereocenters. The van der Waals surface area contributed by atoms with Crippen LogP contribution in [-0.2, 0) is 0 Å². The summed E-state index contributed by atoms with van der Waals surface area (Å²) < 4.78 is 8.92. The van der Waals surface area contributed by atoms with Crippen LogP contribution in [-0.4, -0.2) is 31.3 Å². The Morgan fingerprint density at radius 2 is 2.04 bits per heavy atom. The molecule has 1 aromatic carbocycles. The molecule has 0 unspecified atom stereocenters. The van der Waals surface area contributed by atoms with Crippen molar-refractivity contribution in [3.8, 4) is 17.0 Å². The van der Waals surface area contributed by atoms with Gasteiger partial charge in [0.2, 0.25) is 0 Å². The van der Waals surface area contributed by atoms with Gasteiger partial charge in [-0.2, -0.15) is 14.6 Å². The average Bonchev–Trinajstić information content (AvgIpc) is 3.37. The normalized spacial score (nSPS) is 14.3. The molecular formula is C18H15N5O2. The zero-order valence-corrected chi connectivity index (χ0v) is 13.6. The van der Waals surface area contributed by atoms with E-state index in [1.54, 1.807) is 16.2 Å². The molecule has 0 aliphatic heterocycles. The highest BCUT2D eigenvalue weighted by atomic mass is 16.5. The first-order valence-electron chi connectivity index (χ1n) is 8.16. The van der Waals surface area contributed by atoms with E-state index in [9.17, 15) is 4.79 Å². The summed E-state index contributed by atoms with van der Waals surface area (Å²) in [5.74, 6) is 1.13. The second-order valence-corrected chi connectivity index (χ2v) is 6.15. The van der Waals surface area contributed by atoms with Crippen molar-refractivity contribution in [3.05, 3.63) is 53.2 Å². The number of para-hydroxylation sites is 1. The van der Waals surface area contributed by atoms with Crippen LogP contribution in [0.2, 0.25) is 0 Å². The lowest BCUT2D eigenvalue weighted by molar-refractivity contribution is 0.416. The first kappa shape index (κ1) is 14.2. The molecule has 4 aromatic rings. The van der Waals surface area contributed by atoms with Gasteiger partial charge >= 0.3 is 0 Å². The topological polar surface area (TPSA) is 74.3 Å². The second kappa shape index (κ2) is 5.14. The van der Waals surface area contributed by atoms with Gasteiger partial charge in [-0.15, -0.1) is 0 Å². The summed E-state index contributed by atoms with van der Waals surface area (Å²) in [5.41, 5.74) is 2.02. The molecule has 7 nitrogen and oxygen atoms in total. The number of fused-ring (bicyclic) bond motifs is 2. The van der Waals surface area contributed by atoms with Gasteiger partial charge in [-0.05, 0) is 31.0 Å². The van der Waals surface area contributed by atoms with Crippen LogP contribution in [0.25, 0.3) is 27.9 Å². The van der Waals surface area contributed by atoms with Crippen LogP contribution in [0.4, 0.5) is 0 Å². The summed E-state index contributed by atoms with van der Waals surface area (Å²) in [6, 6.07) is 9.76. The Morgan fingerprint density at radius 1 is 1.20 bits per heavy atom. The van der Waals surface area contributed by atoms with Crippen molar-refractivity contribution < 1.29 is 4.74 Å². The lowest BCUT2D eigenvalue weighted by Gasteiger charge is -2.13. The Morgan fingerprint density at radius 3 is 2.84 bits per heavy atom. The van der Waals surface area contributed by atoms with E-state index < -0.39 is 0 Å². The smallest absolute Gasteiger partial charge is 0.262 e. The van der Waals surface area contributed by atoms with E-state index in [0.29, 0.717) is 28.1 Å². The molecule has 7 heteroatoms. The van der Waals surface area contributed by atoms with Gasteiger partial charge in [0.05, 0.1) is 23.7 Å². The van der Waals surface area contributed by atoms with Crippen molar-refractivity contribution in [3.63, 3.8) is 0 Å². The van der Waals surface area contributed by atoms with Crippen LogP contribution in [0.5, 0.6) is 5.75 Å². The quantitative estimate of drug-likeness (QED) is 0.576. The van der Waals surface area contributed by atoms with Crippen LogP contribution in [0.3, 0.4) is 0 Å². The number of methoxy groups -OCH3 is 1. The Kier molecular flexibility index (Phi) is 2.91. The van der Waals surface area contributed by atoms with E-state index in [4.69, 9.17) is 4.74 Å². The van der Waals surface area contributed by atoms with Gasteiger partial charge in [0.1, 0.15) is 12.1 Å². The van der Waals surface area contributed by atoms with Crippen LogP contribution < -0.4 is 10.3 Å². The highest BCUT2D eigenvalue weighted by Crippen LogP contribution is 2.36. The summed E-state index contributed by atoms with van der Waals surface area (Å²) in [7, 11) is 1.61. The van der Waals surface area contributed by atoms with Gasteiger partial charge < -0.3 is 9.30 Å². The van der Waals surface area contributed by atoms with E-state index in [-0.39, 0.29) is 11.6 Å². The maximum atomic E-state index is 13.2. The Bertz CT molecular complexity index is 1170. The molecule has 1 aliphatic carbocycles. The van der Waals surface area contributed by atoms with Crippen LogP contribution >= 0.6 is 0 Å². The monoisotopic (exact) mass is 333 g/mol. The van der Waals surface area contributed by atoms with Crippen LogP contribution in [0.1, 0.15) is 18.9 Å². The molecular weight excluding hydrogens is 318 g/mol. The maximum absolute atomic E-state index is 13.2. The van der Waals surface area contributed by atoms with Crippen LogP contribution in [0, 0.1) is 0 Å². The predicted molar refractivity (Wildman–Crippen MR) is 92.8 cm³/mol. The molecule has 3 heterocycles. The number of pyridine rings is 1. The number of rotatable bonds is 3. The molecule has 25 heavy (non-hydrogen) atoms. The standard InChI is InChI=1S/C18H15N5O2/c1-25-14-5-3-2-4-12(14)16-15-13(21-18-19-10-20-23(16)18)8-9-22(17(15)24)11-6-7-11/h2-5,8-11H,6-7H2,1H3. The predicted octanol–water partition coefficient (Wildman–Crippen LogP) is 2.45. The Balaban J connectivity index is 1.98. The highest BCUT2D eigenvalue weighted by Gasteiger charge is 2.27. The van der Waals surface area contributed by atoms with Gasteiger partial charge in [0.15, 0.2) is 0 Å². The van der Waals surface area contributed by atoms with Crippen molar-refractivity contribution in [2.45, 2.75) is 18.9 Å². The molecule has 0 radical (unpaired) electrons. The number of hydrogen-bond acceptors (Lipinski definition) is 5. The van der Waals surface area contributed by atoms with E-state index in [2.05, 4.69) is 15.1 Å². The zero-order valence-electron chi connectivity index (χ0n) is 13.6. The molecule has 0 N–H and O–H groups in total. The van der Waals surface area contributed by atoms with Gasteiger partial charge in [-0.1, -0.05) is 12.1 Å². The second-order valence-electron chi connectivity index (χ2n) is 6.15. The molecule has 0 saturated heterocycles. The first-order valence-corrected chi connectivity index (χ1v) is 8.16.